The van der Waals surface area contributed by atoms with Gasteiger partial charge in [-0.25, -0.2) is 0 Å². The number of aliphatic carboxylic acids is 1. The maximum atomic E-state index is 11.0. The molecule has 4 nitrogen and oxygen atoms in total. The Balaban J connectivity index is 0.000000494. The smallest absolute Gasteiger partial charge is 0.306 e. The van der Waals surface area contributed by atoms with Crippen LogP contribution >= 0.6 is 0 Å². The minimum absolute atomic E-state index is 0.119. The summed E-state index contributed by atoms with van der Waals surface area (Å²) in [7, 11) is 0. The van der Waals surface area contributed by atoms with E-state index in [1.807, 2.05) is 37.3 Å². The van der Waals surface area contributed by atoms with E-state index in [2.05, 4.69) is 0 Å². The number of ether oxygens (including phenoxy) is 1. The summed E-state index contributed by atoms with van der Waals surface area (Å²) in [6.07, 6.45) is 1.57. The van der Waals surface area contributed by atoms with Crippen LogP contribution in [0.4, 0.5) is 0 Å². The fraction of sp³-hybridized carbons (Fsp3) is 0.429. The van der Waals surface area contributed by atoms with Gasteiger partial charge in [0, 0.05) is 12.8 Å². The van der Waals surface area contributed by atoms with Gasteiger partial charge in [-0.2, -0.15) is 0 Å². The Morgan fingerprint density at radius 3 is 2.17 bits per heavy atom. The minimum atomic E-state index is -0.745. The first-order valence-electron chi connectivity index (χ1n) is 6.01. The van der Waals surface area contributed by atoms with Crippen molar-refractivity contribution < 1.29 is 19.4 Å². The van der Waals surface area contributed by atoms with Crippen molar-refractivity contribution in [1.82, 2.24) is 0 Å². The molecule has 1 aromatic carbocycles. The van der Waals surface area contributed by atoms with Gasteiger partial charge in [0.15, 0.2) is 0 Å². The standard InChI is InChI=1S/C11H14O2.C3H6O2/c1-2-6-11(12)13-9-10-7-4-3-5-8-10;1-2-3(4)5/h3-5,7-8H,2,6,9H2,1H3;2H2,1H3,(H,4,5). The van der Waals surface area contributed by atoms with E-state index in [0.717, 1.165) is 12.0 Å². The fourth-order valence-corrected chi connectivity index (χ4v) is 1.01. The molecule has 0 radical (unpaired) electrons. The van der Waals surface area contributed by atoms with Gasteiger partial charge < -0.3 is 9.84 Å². The molecule has 1 aromatic rings. The van der Waals surface area contributed by atoms with Gasteiger partial charge >= 0.3 is 11.9 Å². The average molecular weight is 252 g/mol. The number of esters is 1. The molecule has 0 fully saturated rings. The van der Waals surface area contributed by atoms with Crippen molar-refractivity contribution in [1.29, 1.82) is 0 Å². The molecule has 0 aromatic heterocycles. The van der Waals surface area contributed by atoms with Gasteiger partial charge in [-0.05, 0) is 12.0 Å². The van der Waals surface area contributed by atoms with Crippen molar-refractivity contribution in [3.63, 3.8) is 0 Å². The average Bonchev–Trinajstić information content (AvgIpc) is 2.38. The lowest BCUT2D eigenvalue weighted by atomic mass is 10.2. The third kappa shape index (κ3) is 9.39. The van der Waals surface area contributed by atoms with Crippen LogP contribution in [-0.4, -0.2) is 17.0 Å². The lowest BCUT2D eigenvalue weighted by molar-refractivity contribution is -0.145. The molecular formula is C14H20O4. The maximum absolute atomic E-state index is 11.0. The fourth-order valence-electron chi connectivity index (χ4n) is 1.01. The zero-order valence-corrected chi connectivity index (χ0v) is 10.9. The number of rotatable bonds is 5. The number of carbonyl (C=O) groups excluding carboxylic acids is 1. The molecule has 0 aliphatic heterocycles. The normalized spacial score (nSPS) is 9.00. The largest absolute Gasteiger partial charge is 0.481 e. The van der Waals surface area contributed by atoms with Crippen LogP contribution in [0.25, 0.3) is 0 Å². The summed E-state index contributed by atoms with van der Waals surface area (Å²) in [5.41, 5.74) is 1.03. The lowest BCUT2D eigenvalue weighted by Gasteiger charge is -2.02. The monoisotopic (exact) mass is 252 g/mol. The third-order valence-electron chi connectivity index (χ3n) is 2.00. The van der Waals surface area contributed by atoms with E-state index in [0.29, 0.717) is 13.0 Å². The Morgan fingerprint density at radius 2 is 1.72 bits per heavy atom. The molecule has 1 N–H and O–H groups in total. The molecule has 0 saturated heterocycles. The third-order valence-corrected chi connectivity index (χ3v) is 2.00. The maximum Gasteiger partial charge on any atom is 0.306 e. The Hall–Kier alpha value is -1.84. The van der Waals surface area contributed by atoms with Crippen LogP contribution in [0, 0.1) is 0 Å². The van der Waals surface area contributed by atoms with Crippen LogP contribution in [0.2, 0.25) is 0 Å². The van der Waals surface area contributed by atoms with Crippen molar-refractivity contribution in [2.24, 2.45) is 0 Å². The van der Waals surface area contributed by atoms with Crippen molar-refractivity contribution in [2.75, 3.05) is 0 Å². The van der Waals surface area contributed by atoms with E-state index in [-0.39, 0.29) is 12.4 Å². The Kier molecular flexibility index (Phi) is 9.27. The van der Waals surface area contributed by atoms with Crippen LogP contribution in [0.1, 0.15) is 38.7 Å². The molecule has 0 spiro atoms. The van der Waals surface area contributed by atoms with Gasteiger partial charge in [-0.15, -0.1) is 0 Å². The second kappa shape index (κ2) is 10.3. The zero-order chi connectivity index (χ0) is 13.8. The molecule has 4 heteroatoms. The van der Waals surface area contributed by atoms with Crippen LogP contribution in [-0.2, 0) is 20.9 Å². The van der Waals surface area contributed by atoms with Gasteiger partial charge in [-0.1, -0.05) is 44.2 Å². The molecule has 0 aliphatic carbocycles. The zero-order valence-electron chi connectivity index (χ0n) is 10.9. The van der Waals surface area contributed by atoms with E-state index in [4.69, 9.17) is 9.84 Å². The molecule has 0 amide bonds. The van der Waals surface area contributed by atoms with E-state index in [9.17, 15) is 9.59 Å². The molecule has 1 rings (SSSR count). The number of carboxylic acid groups (broad SMARTS) is 1. The summed E-state index contributed by atoms with van der Waals surface area (Å²) in [5.74, 6) is -0.864. The molecule has 0 saturated carbocycles. The number of carboxylic acids is 1. The highest BCUT2D eigenvalue weighted by Crippen LogP contribution is 2.02. The van der Waals surface area contributed by atoms with Crippen molar-refractivity contribution in [3.8, 4) is 0 Å². The highest BCUT2D eigenvalue weighted by Gasteiger charge is 2.00. The first kappa shape index (κ1) is 16.2. The molecule has 0 aliphatic rings. The molecular weight excluding hydrogens is 232 g/mol. The van der Waals surface area contributed by atoms with Crippen LogP contribution in [0.3, 0.4) is 0 Å². The highest BCUT2D eigenvalue weighted by atomic mass is 16.5. The summed E-state index contributed by atoms with van der Waals surface area (Å²) < 4.78 is 5.03. The van der Waals surface area contributed by atoms with Gasteiger partial charge in [0.1, 0.15) is 6.61 Å². The van der Waals surface area contributed by atoms with Gasteiger partial charge in [-0.3, -0.25) is 9.59 Å². The second-order valence-corrected chi connectivity index (χ2v) is 3.64. The first-order valence-corrected chi connectivity index (χ1v) is 6.01. The quantitative estimate of drug-likeness (QED) is 0.818. The van der Waals surface area contributed by atoms with Gasteiger partial charge in [0.05, 0.1) is 0 Å². The van der Waals surface area contributed by atoms with Crippen molar-refractivity contribution in [2.45, 2.75) is 39.7 Å². The van der Waals surface area contributed by atoms with Crippen molar-refractivity contribution >= 4 is 11.9 Å². The summed E-state index contributed by atoms with van der Waals surface area (Å²) in [6.45, 7) is 3.95. The first-order chi connectivity index (χ1) is 8.60. The van der Waals surface area contributed by atoms with E-state index < -0.39 is 5.97 Å². The van der Waals surface area contributed by atoms with E-state index in [1.54, 1.807) is 6.92 Å². The van der Waals surface area contributed by atoms with Gasteiger partial charge in [0.2, 0.25) is 0 Å². The predicted molar refractivity (Wildman–Crippen MR) is 69.1 cm³/mol. The summed E-state index contributed by atoms with van der Waals surface area (Å²) in [5, 5.41) is 7.72. The van der Waals surface area contributed by atoms with Gasteiger partial charge in [0.25, 0.3) is 0 Å². The Labute approximate surface area is 108 Å². The Morgan fingerprint density at radius 1 is 1.17 bits per heavy atom. The molecule has 100 valence electrons. The number of carbonyl (C=O) groups is 2. The Bertz CT molecular complexity index is 346. The van der Waals surface area contributed by atoms with E-state index in [1.165, 1.54) is 0 Å². The predicted octanol–water partition coefficient (Wildman–Crippen LogP) is 3.01. The molecule has 18 heavy (non-hydrogen) atoms. The number of hydrogen-bond donors (Lipinski definition) is 1. The number of benzene rings is 1. The van der Waals surface area contributed by atoms with Crippen molar-refractivity contribution in [3.05, 3.63) is 35.9 Å². The summed E-state index contributed by atoms with van der Waals surface area (Å²) in [4.78, 5) is 20.4. The summed E-state index contributed by atoms with van der Waals surface area (Å²) >= 11 is 0. The van der Waals surface area contributed by atoms with Crippen LogP contribution < -0.4 is 0 Å². The lowest BCUT2D eigenvalue weighted by Crippen LogP contribution is -2.03. The highest BCUT2D eigenvalue weighted by molar-refractivity contribution is 5.69. The molecule has 0 bridgehead atoms. The molecule has 0 heterocycles. The SMILES string of the molecule is CCC(=O)O.CCCC(=O)OCc1ccccc1. The summed E-state index contributed by atoms with van der Waals surface area (Å²) in [6, 6.07) is 9.70. The molecule has 0 unspecified atom stereocenters. The van der Waals surface area contributed by atoms with E-state index >= 15 is 0 Å². The van der Waals surface area contributed by atoms with Crippen LogP contribution in [0.15, 0.2) is 30.3 Å². The topological polar surface area (TPSA) is 63.6 Å². The molecule has 0 atom stereocenters. The van der Waals surface area contributed by atoms with Crippen LogP contribution in [0.5, 0.6) is 0 Å². The second-order valence-electron chi connectivity index (χ2n) is 3.64. The minimum Gasteiger partial charge on any atom is -0.481 e. The number of hydrogen-bond acceptors (Lipinski definition) is 3.